The van der Waals surface area contributed by atoms with Crippen LogP contribution in [-0.2, 0) is 5.41 Å². The Morgan fingerprint density at radius 3 is 2.26 bits per heavy atom. The number of benzene rings is 2. The first kappa shape index (κ1) is 15.0. The van der Waals surface area contributed by atoms with Crippen molar-refractivity contribution in [3.63, 3.8) is 0 Å². The lowest BCUT2D eigenvalue weighted by atomic mass is 9.72. The zero-order valence-corrected chi connectivity index (χ0v) is 14.3. The maximum Gasteiger partial charge on any atom is 0.0218 e. The molecule has 0 fully saturated rings. The van der Waals surface area contributed by atoms with Crippen LogP contribution in [-0.4, -0.2) is 12.6 Å². The van der Waals surface area contributed by atoms with Gasteiger partial charge in [-0.25, -0.2) is 0 Å². The molecule has 2 aliphatic rings. The molecule has 1 unspecified atom stereocenters. The van der Waals surface area contributed by atoms with Crippen LogP contribution in [0.15, 0.2) is 48.5 Å². The number of hydrogen-bond acceptors (Lipinski definition) is 1. The van der Waals surface area contributed by atoms with Crippen LogP contribution in [0.25, 0.3) is 0 Å². The van der Waals surface area contributed by atoms with E-state index < -0.39 is 0 Å². The first-order chi connectivity index (χ1) is 11.3. The van der Waals surface area contributed by atoms with Gasteiger partial charge in [-0.3, -0.25) is 0 Å². The van der Waals surface area contributed by atoms with Crippen LogP contribution in [0, 0.1) is 0 Å². The monoisotopic (exact) mass is 305 g/mol. The summed E-state index contributed by atoms with van der Waals surface area (Å²) in [5.41, 5.74) is 6.65. The Labute approximate surface area is 140 Å². The highest BCUT2D eigenvalue weighted by Crippen LogP contribution is 2.61. The third-order valence-corrected chi connectivity index (χ3v) is 6.14. The van der Waals surface area contributed by atoms with Gasteiger partial charge in [-0.2, -0.15) is 0 Å². The predicted octanol–water partition coefficient (Wildman–Crippen LogP) is 4.99. The van der Waals surface area contributed by atoms with Gasteiger partial charge in [0, 0.05) is 17.4 Å². The van der Waals surface area contributed by atoms with Gasteiger partial charge in [-0.1, -0.05) is 55.5 Å². The minimum absolute atomic E-state index is 0.273. The van der Waals surface area contributed by atoms with Crippen molar-refractivity contribution in [1.82, 2.24) is 5.32 Å². The summed E-state index contributed by atoms with van der Waals surface area (Å²) in [6.45, 7) is 5.66. The second-order valence-electron chi connectivity index (χ2n) is 7.38. The molecule has 2 aromatic carbocycles. The Balaban J connectivity index is 1.62. The Hall–Kier alpha value is -1.60. The Morgan fingerprint density at radius 1 is 1.04 bits per heavy atom. The van der Waals surface area contributed by atoms with Crippen LogP contribution in [0.2, 0.25) is 0 Å². The first-order valence-electron chi connectivity index (χ1n) is 9.18. The van der Waals surface area contributed by atoms with Crippen LogP contribution in [0.1, 0.15) is 67.7 Å². The molecule has 23 heavy (non-hydrogen) atoms. The predicted molar refractivity (Wildman–Crippen MR) is 97.1 cm³/mol. The maximum absolute atomic E-state index is 3.66. The van der Waals surface area contributed by atoms with Gasteiger partial charge in [-0.15, -0.1) is 0 Å². The van der Waals surface area contributed by atoms with Gasteiger partial charge in [0.1, 0.15) is 0 Å². The molecule has 0 amide bonds. The van der Waals surface area contributed by atoms with Crippen LogP contribution in [0.4, 0.5) is 0 Å². The number of hydrogen-bond donors (Lipinski definition) is 1. The van der Waals surface area contributed by atoms with E-state index in [1.165, 1.54) is 25.7 Å². The molecule has 0 aliphatic heterocycles. The van der Waals surface area contributed by atoms with E-state index in [4.69, 9.17) is 0 Å². The van der Waals surface area contributed by atoms with Crippen LogP contribution in [0.3, 0.4) is 0 Å². The minimum Gasteiger partial charge on any atom is -0.314 e. The van der Waals surface area contributed by atoms with Gasteiger partial charge >= 0.3 is 0 Å². The van der Waals surface area contributed by atoms with Gasteiger partial charge < -0.3 is 5.32 Å². The summed E-state index contributed by atoms with van der Waals surface area (Å²) in [6, 6.07) is 19.0. The van der Waals surface area contributed by atoms with E-state index in [0.717, 1.165) is 6.54 Å². The van der Waals surface area contributed by atoms with E-state index in [2.05, 4.69) is 67.7 Å². The summed E-state index contributed by atoms with van der Waals surface area (Å²) < 4.78 is 0. The van der Waals surface area contributed by atoms with E-state index in [-0.39, 0.29) is 5.41 Å². The van der Waals surface area contributed by atoms with E-state index in [0.29, 0.717) is 12.0 Å². The average Bonchev–Trinajstić information content (AvgIpc) is 3.11. The lowest BCUT2D eigenvalue weighted by Gasteiger charge is -2.31. The largest absolute Gasteiger partial charge is 0.314 e. The van der Waals surface area contributed by atoms with Gasteiger partial charge in [0.05, 0.1) is 0 Å². The summed E-state index contributed by atoms with van der Waals surface area (Å²) >= 11 is 0. The minimum atomic E-state index is 0.273. The summed E-state index contributed by atoms with van der Waals surface area (Å²) in [6.07, 6.45) is 5.01. The molecule has 1 N–H and O–H groups in total. The normalized spacial score (nSPS) is 25.2. The standard InChI is InChI=1S/C22H27N/c1-3-16(2)23-14-8-13-22-15-19(17-9-4-6-11-20(17)22)18-10-5-7-12-21(18)22/h4-7,9-12,16,19,23H,3,8,13-15H2,1-2H3. The average molecular weight is 305 g/mol. The van der Waals surface area contributed by atoms with Crippen molar-refractivity contribution in [3.8, 4) is 0 Å². The van der Waals surface area contributed by atoms with Crippen LogP contribution >= 0.6 is 0 Å². The number of nitrogens with one attached hydrogen (secondary N) is 1. The van der Waals surface area contributed by atoms with Crippen molar-refractivity contribution >= 4 is 0 Å². The molecule has 0 saturated carbocycles. The third kappa shape index (κ3) is 2.25. The molecule has 1 nitrogen and oxygen atoms in total. The Kier molecular flexibility index (Phi) is 3.77. The van der Waals surface area contributed by atoms with Crippen molar-refractivity contribution in [2.75, 3.05) is 6.54 Å². The molecule has 2 aromatic rings. The second-order valence-corrected chi connectivity index (χ2v) is 7.38. The first-order valence-corrected chi connectivity index (χ1v) is 9.18. The van der Waals surface area contributed by atoms with Crippen molar-refractivity contribution in [3.05, 3.63) is 70.8 Å². The molecular weight excluding hydrogens is 278 g/mol. The smallest absolute Gasteiger partial charge is 0.0218 e. The summed E-state index contributed by atoms with van der Waals surface area (Å²) in [5.74, 6) is 0.630. The quantitative estimate of drug-likeness (QED) is 0.741. The van der Waals surface area contributed by atoms with Crippen molar-refractivity contribution < 1.29 is 0 Å². The molecule has 0 saturated heterocycles. The highest BCUT2D eigenvalue weighted by atomic mass is 14.9. The summed E-state index contributed by atoms with van der Waals surface area (Å²) in [7, 11) is 0. The fraction of sp³-hybridized carbons (Fsp3) is 0.455. The Bertz CT molecular complexity index is 655. The zero-order valence-electron chi connectivity index (χ0n) is 14.3. The number of fused-ring (bicyclic) bond motifs is 8. The highest BCUT2D eigenvalue weighted by Gasteiger charge is 2.51. The molecule has 0 heterocycles. The van der Waals surface area contributed by atoms with Crippen LogP contribution < -0.4 is 5.32 Å². The SMILES string of the molecule is CCC(C)NCCCC12CC(c3ccccc31)c1ccccc12. The van der Waals surface area contributed by atoms with Crippen molar-refractivity contribution in [1.29, 1.82) is 0 Å². The van der Waals surface area contributed by atoms with Crippen molar-refractivity contribution in [2.24, 2.45) is 0 Å². The molecule has 2 aliphatic carbocycles. The van der Waals surface area contributed by atoms with Crippen molar-refractivity contribution in [2.45, 2.75) is 56.9 Å². The third-order valence-electron chi connectivity index (χ3n) is 6.14. The molecule has 1 heteroatoms. The molecule has 0 radical (unpaired) electrons. The lowest BCUT2D eigenvalue weighted by Crippen LogP contribution is -2.29. The van der Waals surface area contributed by atoms with E-state index >= 15 is 0 Å². The van der Waals surface area contributed by atoms with E-state index in [1.54, 1.807) is 22.3 Å². The summed E-state index contributed by atoms with van der Waals surface area (Å²) in [5, 5.41) is 3.66. The van der Waals surface area contributed by atoms with E-state index in [1.807, 2.05) is 0 Å². The van der Waals surface area contributed by atoms with Crippen LogP contribution in [0.5, 0.6) is 0 Å². The zero-order chi connectivity index (χ0) is 15.9. The maximum atomic E-state index is 3.66. The molecule has 0 aromatic heterocycles. The fourth-order valence-corrected chi connectivity index (χ4v) is 4.83. The van der Waals surface area contributed by atoms with Gasteiger partial charge in [-0.05, 0) is 61.4 Å². The fourth-order valence-electron chi connectivity index (χ4n) is 4.83. The Morgan fingerprint density at radius 2 is 1.65 bits per heavy atom. The molecule has 0 spiro atoms. The molecular formula is C22H27N. The van der Waals surface area contributed by atoms with Gasteiger partial charge in [0.25, 0.3) is 0 Å². The highest BCUT2D eigenvalue weighted by molar-refractivity contribution is 5.62. The molecule has 4 rings (SSSR count). The van der Waals surface area contributed by atoms with Gasteiger partial charge in [0.2, 0.25) is 0 Å². The molecule has 1 atom stereocenters. The lowest BCUT2D eigenvalue weighted by molar-refractivity contribution is 0.439. The van der Waals surface area contributed by atoms with E-state index in [9.17, 15) is 0 Å². The topological polar surface area (TPSA) is 12.0 Å². The summed E-state index contributed by atoms with van der Waals surface area (Å²) in [4.78, 5) is 0. The molecule has 2 bridgehead atoms. The van der Waals surface area contributed by atoms with Gasteiger partial charge in [0.15, 0.2) is 0 Å². The second kappa shape index (κ2) is 5.79. The number of rotatable bonds is 6. The molecule has 120 valence electrons.